The van der Waals surface area contributed by atoms with Gasteiger partial charge in [0.1, 0.15) is 0 Å². The van der Waals surface area contributed by atoms with Gasteiger partial charge in [-0.05, 0) is 45.7 Å². The van der Waals surface area contributed by atoms with E-state index in [1.807, 2.05) is 29.5 Å². The van der Waals surface area contributed by atoms with Gasteiger partial charge in [0.2, 0.25) is 0 Å². The van der Waals surface area contributed by atoms with Crippen LogP contribution in [0, 0.1) is 0 Å². The van der Waals surface area contributed by atoms with Gasteiger partial charge in [-0.3, -0.25) is 0 Å². The zero-order chi connectivity index (χ0) is 39.6. The largest absolute Gasteiger partial charge is 0.309 e. The van der Waals surface area contributed by atoms with Crippen LogP contribution in [0.3, 0.4) is 0 Å². The van der Waals surface area contributed by atoms with E-state index in [1.165, 1.54) is 47.3 Å². The molecule has 12 rings (SSSR count). The average Bonchev–Trinajstić information content (AvgIpc) is 3.88. The van der Waals surface area contributed by atoms with Crippen molar-refractivity contribution in [1.29, 1.82) is 0 Å². The summed E-state index contributed by atoms with van der Waals surface area (Å²) < 4.78 is 5.01. The lowest BCUT2D eigenvalue weighted by atomic mass is 10.00. The number of rotatable bonds is 6. The maximum atomic E-state index is 5.23. The highest BCUT2D eigenvalue weighted by molar-refractivity contribution is 7.27. The smallest absolute Gasteiger partial charge is 0.164 e. The molecular weight excluding hydrogens is 749 g/mol. The van der Waals surface area contributed by atoms with E-state index in [9.17, 15) is 0 Å². The van der Waals surface area contributed by atoms with E-state index in [0.717, 1.165) is 50.1 Å². The summed E-state index contributed by atoms with van der Waals surface area (Å²) in [5, 5.41) is 7.59. The molecule has 0 radical (unpaired) electrons. The Morgan fingerprint density at radius 3 is 1.52 bits per heavy atom. The summed E-state index contributed by atoms with van der Waals surface area (Å²) in [5.41, 5.74) is 10.8. The first-order chi connectivity index (χ1) is 29.7. The fourth-order valence-corrected chi connectivity index (χ4v) is 10.2. The Kier molecular flexibility index (Phi) is 8.00. The predicted octanol–water partition coefficient (Wildman–Crippen LogP) is 14.8. The van der Waals surface area contributed by atoms with Gasteiger partial charge in [0.15, 0.2) is 17.5 Å². The quantitative estimate of drug-likeness (QED) is 0.169. The number of thiophene rings is 1. The van der Waals surface area contributed by atoms with Crippen molar-refractivity contribution >= 4 is 64.1 Å². The molecular formula is C55H34N4S. The normalized spacial score (nSPS) is 11.7. The van der Waals surface area contributed by atoms with Crippen molar-refractivity contribution < 1.29 is 0 Å². The fourth-order valence-electron chi connectivity index (χ4n) is 8.80. The first-order valence-corrected chi connectivity index (χ1v) is 21.0. The van der Waals surface area contributed by atoms with E-state index < -0.39 is 0 Å². The number of aromatic nitrogens is 4. The summed E-state index contributed by atoms with van der Waals surface area (Å²) in [4.78, 5) is 15.5. The lowest BCUT2D eigenvalue weighted by molar-refractivity contribution is 1.07. The van der Waals surface area contributed by atoms with E-state index in [1.54, 1.807) is 0 Å². The van der Waals surface area contributed by atoms with Crippen molar-refractivity contribution in [2.24, 2.45) is 0 Å². The van der Waals surface area contributed by atoms with Gasteiger partial charge >= 0.3 is 0 Å². The summed E-state index contributed by atoms with van der Waals surface area (Å²) >= 11 is 1.88. The van der Waals surface area contributed by atoms with Gasteiger partial charge in [0.05, 0.1) is 16.7 Å². The Hall–Kier alpha value is -7.73. The Bertz CT molecular complexity index is 3530. The second-order valence-corrected chi connectivity index (χ2v) is 16.2. The highest BCUT2D eigenvalue weighted by atomic mass is 32.1. The van der Waals surface area contributed by atoms with Gasteiger partial charge in [-0.25, -0.2) is 15.0 Å². The molecule has 0 N–H and O–H groups in total. The molecule has 280 valence electrons. The minimum absolute atomic E-state index is 0.617. The molecule has 0 bridgehead atoms. The van der Waals surface area contributed by atoms with Crippen LogP contribution < -0.4 is 0 Å². The Labute approximate surface area is 350 Å². The second-order valence-electron chi connectivity index (χ2n) is 15.2. The molecule has 0 atom stereocenters. The molecule has 0 aliphatic heterocycles. The van der Waals surface area contributed by atoms with E-state index in [0.29, 0.717) is 17.5 Å². The van der Waals surface area contributed by atoms with Crippen LogP contribution in [0.25, 0.3) is 115 Å². The number of benzene rings is 9. The summed E-state index contributed by atoms with van der Waals surface area (Å²) in [7, 11) is 0. The van der Waals surface area contributed by atoms with Gasteiger partial charge in [0, 0.05) is 53.2 Å². The molecule has 0 aliphatic rings. The van der Waals surface area contributed by atoms with Crippen LogP contribution in [0.4, 0.5) is 0 Å². The molecule has 0 saturated carbocycles. The van der Waals surface area contributed by atoms with Gasteiger partial charge in [-0.1, -0.05) is 188 Å². The molecule has 12 aromatic rings. The summed E-state index contributed by atoms with van der Waals surface area (Å²) in [5.74, 6) is 1.88. The molecule has 9 aromatic carbocycles. The van der Waals surface area contributed by atoms with E-state index in [2.05, 4.69) is 193 Å². The van der Waals surface area contributed by atoms with Gasteiger partial charge in [-0.15, -0.1) is 11.3 Å². The van der Waals surface area contributed by atoms with Gasteiger partial charge < -0.3 is 4.57 Å². The molecule has 0 aliphatic carbocycles. The highest BCUT2D eigenvalue weighted by Crippen LogP contribution is 2.43. The Morgan fingerprint density at radius 2 is 0.817 bits per heavy atom. The summed E-state index contributed by atoms with van der Waals surface area (Å²) in [6.45, 7) is 0. The number of nitrogens with zero attached hydrogens (tertiary/aromatic N) is 4. The van der Waals surface area contributed by atoms with Crippen molar-refractivity contribution in [2.75, 3.05) is 0 Å². The van der Waals surface area contributed by atoms with Crippen molar-refractivity contribution in [3.8, 4) is 62.1 Å². The van der Waals surface area contributed by atoms with Crippen molar-refractivity contribution in [3.05, 3.63) is 206 Å². The lowest BCUT2D eigenvalue weighted by Crippen LogP contribution is -2.02. The Balaban J connectivity index is 1.01. The lowest BCUT2D eigenvalue weighted by Gasteiger charge is -2.16. The topological polar surface area (TPSA) is 43.6 Å². The standard InChI is InChI=1S/C55H34N4S/c1-3-14-35(15-4-1)41-32-31-40(34-50(41)59-48-24-11-9-20-44(48)45-21-10-12-25-49(45)59)55-57-53(38-17-5-2-6-18-38)56-54(58-55)39-28-26-37(27-29-39)43-22-13-23-46-47-33-30-36-16-7-8-19-42(36)52(47)60-51(43)46/h1-34H. The predicted molar refractivity (Wildman–Crippen MR) is 252 cm³/mol. The van der Waals surface area contributed by atoms with Crippen molar-refractivity contribution in [2.45, 2.75) is 0 Å². The number of hydrogen-bond donors (Lipinski definition) is 0. The molecule has 0 fully saturated rings. The first-order valence-electron chi connectivity index (χ1n) is 20.2. The molecule has 0 spiro atoms. The number of fused-ring (bicyclic) bond motifs is 8. The van der Waals surface area contributed by atoms with E-state index in [-0.39, 0.29) is 0 Å². The van der Waals surface area contributed by atoms with Crippen LogP contribution in [0.1, 0.15) is 0 Å². The third kappa shape index (κ3) is 5.63. The molecule has 3 aromatic heterocycles. The molecule has 3 heterocycles. The van der Waals surface area contributed by atoms with Gasteiger partial charge in [0.25, 0.3) is 0 Å². The SMILES string of the molecule is c1ccc(-c2nc(-c3ccc(-c4cccc5c4sc4c6ccccc6ccc54)cc3)nc(-c3ccc(-c4ccccc4)c(-n4c5ccccc5c5ccccc54)c3)n2)cc1. The first kappa shape index (κ1) is 34.3. The molecule has 4 nitrogen and oxygen atoms in total. The van der Waals surface area contributed by atoms with Gasteiger partial charge in [-0.2, -0.15) is 0 Å². The van der Waals surface area contributed by atoms with Crippen molar-refractivity contribution in [1.82, 2.24) is 19.5 Å². The minimum Gasteiger partial charge on any atom is -0.309 e. The zero-order valence-corrected chi connectivity index (χ0v) is 33.1. The third-order valence-electron chi connectivity index (χ3n) is 11.7. The second kappa shape index (κ2) is 14.0. The van der Waals surface area contributed by atoms with Crippen LogP contribution in [-0.2, 0) is 0 Å². The maximum absolute atomic E-state index is 5.23. The van der Waals surface area contributed by atoms with Crippen LogP contribution in [0.5, 0.6) is 0 Å². The average molecular weight is 783 g/mol. The molecule has 5 heteroatoms. The Morgan fingerprint density at radius 1 is 0.317 bits per heavy atom. The maximum Gasteiger partial charge on any atom is 0.164 e. The minimum atomic E-state index is 0.617. The molecule has 0 amide bonds. The molecule has 0 unspecified atom stereocenters. The highest BCUT2D eigenvalue weighted by Gasteiger charge is 2.19. The van der Waals surface area contributed by atoms with Crippen LogP contribution >= 0.6 is 11.3 Å². The molecule has 0 saturated heterocycles. The van der Waals surface area contributed by atoms with Crippen LogP contribution in [0.15, 0.2) is 206 Å². The van der Waals surface area contributed by atoms with E-state index in [4.69, 9.17) is 15.0 Å². The summed E-state index contributed by atoms with van der Waals surface area (Å²) in [6, 6.07) is 73.2. The number of para-hydroxylation sites is 2. The van der Waals surface area contributed by atoms with Crippen LogP contribution in [0.2, 0.25) is 0 Å². The summed E-state index contributed by atoms with van der Waals surface area (Å²) in [6.07, 6.45) is 0. The number of hydrogen-bond acceptors (Lipinski definition) is 4. The van der Waals surface area contributed by atoms with Crippen molar-refractivity contribution in [3.63, 3.8) is 0 Å². The fraction of sp³-hybridized carbons (Fsp3) is 0. The van der Waals surface area contributed by atoms with E-state index >= 15 is 0 Å². The monoisotopic (exact) mass is 782 g/mol. The third-order valence-corrected chi connectivity index (χ3v) is 13.0. The molecule has 60 heavy (non-hydrogen) atoms. The zero-order valence-electron chi connectivity index (χ0n) is 32.3. The van der Waals surface area contributed by atoms with Crippen LogP contribution in [-0.4, -0.2) is 19.5 Å².